The number of nitrogens with one attached hydrogen (secondary N) is 1. The number of nitrogens with zero attached hydrogens (tertiary/aromatic N) is 1. The number of anilines is 1. The largest absolute Gasteiger partial charge is 0.504 e. The lowest BCUT2D eigenvalue weighted by atomic mass is 9.97. The van der Waals surface area contributed by atoms with Crippen LogP contribution < -0.4 is 14.6 Å². The number of phenols is 1. The van der Waals surface area contributed by atoms with Gasteiger partial charge in [0.05, 0.1) is 6.61 Å². The predicted molar refractivity (Wildman–Crippen MR) is 115 cm³/mol. The lowest BCUT2D eigenvalue weighted by Crippen LogP contribution is -2.12. The van der Waals surface area contributed by atoms with Crippen LogP contribution >= 0.6 is 7.60 Å². The summed E-state index contributed by atoms with van der Waals surface area (Å²) in [5, 5.41) is 13.5. The maximum Gasteiger partial charge on any atom is 0.395 e. The molecule has 0 aliphatic carbocycles. The molecule has 0 saturated carbocycles. The van der Waals surface area contributed by atoms with Gasteiger partial charge in [-0.3, -0.25) is 0 Å². The number of hydrogen-bond acceptors (Lipinski definition) is 6. The fraction of sp³-hybridized carbons (Fsp3) is 0.476. The number of ether oxygens (including phenoxy) is 1. The van der Waals surface area contributed by atoms with Crippen LogP contribution in [0.15, 0.2) is 12.3 Å². The monoisotopic (exact) mass is 422 g/mol. The number of phenolic OH excluding ortho intramolecular Hbond substituents is 1. The highest BCUT2D eigenvalue weighted by atomic mass is 31.2. The lowest BCUT2D eigenvalue weighted by Gasteiger charge is -2.24. The van der Waals surface area contributed by atoms with E-state index in [1.807, 2.05) is 40.7 Å². The number of rotatable bonds is 9. The average molecular weight is 422 g/mol. The summed E-state index contributed by atoms with van der Waals surface area (Å²) in [7, 11) is -4.06. The quantitative estimate of drug-likeness (QED) is 0.496. The van der Waals surface area contributed by atoms with Gasteiger partial charge in [-0.15, -0.1) is 0 Å². The highest BCUT2D eigenvalue weighted by molar-refractivity contribution is 7.53. The van der Waals surface area contributed by atoms with Gasteiger partial charge in [-0.25, -0.2) is 9.55 Å². The molecule has 2 rings (SSSR count). The maximum atomic E-state index is 12.9. The van der Waals surface area contributed by atoms with Crippen molar-refractivity contribution in [3.05, 3.63) is 40.1 Å². The minimum absolute atomic E-state index is 0.0541. The topological polar surface area (TPSA) is 101 Å². The second-order valence-corrected chi connectivity index (χ2v) is 8.67. The van der Waals surface area contributed by atoms with Crippen LogP contribution in [-0.2, 0) is 17.4 Å². The van der Waals surface area contributed by atoms with Gasteiger partial charge < -0.3 is 24.6 Å². The van der Waals surface area contributed by atoms with Crippen LogP contribution in [0.5, 0.6) is 17.2 Å². The second kappa shape index (κ2) is 9.51. The Morgan fingerprint density at radius 1 is 1.07 bits per heavy atom. The van der Waals surface area contributed by atoms with Crippen molar-refractivity contribution >= 4 is 13.4 Å². The van der Waals surface area contributed by atoms with Gasteiger partial charge in [0.15, 0.2) is 11.5 Å². The van der Waals surface area contributed by atoms with Crippen molar-refractivity contribution in [3.63, 3.8) is 0 Å². The number of benzene rings is 1. The summed E-state index contributed by atoms with van der Waals surface area (Å²) in [5.74, 6) is 1.23. The summed E-state index contributed by atoms with van der Waals surface area (Å²) in [6.07, 6.45) is 2.38. The SMILES string of the molecule is CCOc1c(O)c(C)c(CC)c(OP(=O)(O)CNc2nccc(C)c2C)c1CC. The summed E-state index contributed by atoms with van der Waals surface area (Å²) < 4.78 is 24.2. The molecular weight excluding hydrogens is 391 g/mol. The fourth-order valence-corrected chi connectivity index (χ4v) is 4.15. The van der Waals surface area contributed by atoms with E-state index >= 15 is 0 Å². The third-order valence-electron chi connectivity index (χ3n) is 5.00. The molecule has 1 atom stereocenters. The Labute approximate surface area is 172 Å². The molecule has 0 fully saturated rings. The van der Waals surface area contributed by atoms with Crippen LogP contribution in [0.3, 0.4) is 0 Å². The summed E-state index contributed by atoms with van der Waals surface area (Å²) in [6.45, 7) is 11.6. The molecule has 0 aliphatic heterocycles. The van der Waals surface area contributed by atoms with E-state index < -0.39 is 7.60 Å². The van der Waals surface area contributed by atoms with E-state index in [0.717, 1.165) is 11.1 Å². The van der Waals surface area contributed by atoms with Crippen LogP contribution in [0.25, 0.3) is 0 Å². The van der Waals surface area contributed by atoms with Gasteiger partial charge in [0.2, 0.25) is 0 Å². The van der Waals surface area contributed by atoms with Crippen LogP contribution in [0.4, 0.5) is 5.82 Å². The van der Waals surface area contributed by atoms with Gasteiger partial charge in [0.25, 0.3) is 0 Å². The zero-order chi connectivity index (χ0) is 21.8. The highest BCUT2D eigenvalue weighted by Gasteiger charge is 2.29. The molecule has 7 nitrogen and oxygen atoms in total. The van der Waals surface area contributed by atoms with Crippen LogP contribution in [0.1, 0.15) is 48.6 Å². The van der Waals surface area contributed by atoms with Crippen LogP contribution in [-0.4, -0.2) is 27.9 Å². The molecule has 1 aromatic carbocycles. The first-order valence-corrected chi connectivity index (χ1v) is 11.6. The average Bonchev–Trinajstić information content (AvgIpc) is 2.67. The van der Waals surface area contributed by atoms with Crippen molar-refractivity contribution < 1.29 is 23.8 Å². The minimum Gasteiger partial charge on any atom is -0.504 e. The predicted octanol–water partition coefficient (Wildman–Crippen LogP) is 4.87. The summed E-state index contributed by atoms with van der Waals surface area (Å²) in [4.78, 5) is 14.8. The molecule has 1 unspecified atom stereocenters. The Bertz CT molecular complexity index is 930. The molecular formula is C21H31N2O5P. The Hall–Kier alpha value is -2.24. The van der Waals surface area contributed by atoms with Crippen LogP contribution in [0, 0.1) is 20.8 Å². The zero-order valence-electron chi connectivity index (χ0n) is 18.0. The molecule has 8 heteroatoms. The highest BCUT2D eigenvalue weighted by Crippen LogP contribution is 2.50. The number of aromatic hydroxyl groups is 1. The zero-order valence-corrected chi connectivity index (χ0v) is 18.9. The summed E-state index contributed by atoms with van der Waals surface area (Å²) in [5.41, 5.74) is 3.82. The van der Waals surface area contributed by atoms with Crippen molar-refractivity contribution in [3.8, 4) is 17.2 Å². The molecule has 29 heavy (non-hydrogen) atoms. The van der Waals surface area contributed by atoms with Crippen molar-refractivity contribution in [2.24, 2.45) is 0 Å². The van der Waals surface area contributed by atoms with E-state index in [9.17, 15) is 14.6 Å². The van der Waals surface area contributed by atoms with Crippen molar-refractivity contribution in [1.82, 2.24) is 4.98 Å². The molecule has 0 amide bonds. The molecule has 2 aromatic rings. The van der Waals surface area contributed by atoms with Crippen LogP contribution in [0.2, 0.25) is 0 Å². The summed E-state index contributed by atoms with van der Waals surface area (Å²) in [6, 6.07) is 1.88. The Kier molecular flexibility index (Phi) is 7.55. The minimum atomic E-state index is -4.06. The molecule has 0 saturated heterocycles. The van der Waals surface area contributed by atoms with E-state index in [1.54, 1.807) is 13.1 Å². The first-order valence-electron chi connectivity index (χ1n) is 9.84. The van der Waals surface area contributed by atoms with E-state index in [0.29, 0.717) is 53.5 Å². The maximum absolute atomic E-state index is 12.9. The summed E-state index contributed by atoms with van der Waals surface area (Å²) >= 11 is 0. The third kappa shape index (κ3) is 5.03. The normalized spacial score (nSPS) is 13.1. The Morgan fingerprint density at radius 3 is 2.31 bits per heavy atom. The van der Waals surface area contributed by atoms with Crippen molar-refractivity contribution in [2.75, 3.05) is 18.2 Å². The van der Waals surface area contributed by atoms with Gasteiger partial charge >= 0.3 is 7.60 Å². The number of aryl methyl sites for hydroxylation is 1. The van der Waals surface area contributed by atoms with Gasteiger partial charge in [0, 0.05) is 22.9 Å². The Morgan fingerprint density at radius 2 is 1.72 bits per heavy atom. The third-order valence-corrected chi connectivity index (χ3v) is 6.02. The van der Waals surface area contributed by atoms with Gasteiger partial charge in [-0.2, -0.15) is 0 Å². The van der Waals surface area contributed by atoms with Gasteiger partial charge in [0.1, 0.15) is 17.9 Å². The number of pyridine rings is 1. The molecule has 3 N–H and O–H groups in total. The fourth-order valence-electron chi connectivity index (χ4n) is 3.23. The van der Waals surface area contributed by atoms with E-state index in [1.165, 1.54) is 0 Å². The number of aromatic nitrogens is 1. The van der Waals surface area contributed by atoms with E-state index in [-0.39, 0.29) is 12.0 Å². The first kappa shape index (κ1) is 23.0. The van der Waals surface area contributed by atoms with Crippen molar-refractivity contribution in [2.45, 2.75) is 54.4 Å². The molecule has 0 aliphatic rings. The molecule has 0 spiro atoms. The molecule has 1 heterocycles. The second-order valence-electron chi connectivity index (χ2n) is 6.89. The molecule has 0 radical (unpaired) electrons. The van der Waals surface area contributed by atoms with Crippen molar-refractivity contribution in [1.29, 1.82) is 0 Å². The first-order chi connectivity index (χ1) is 13.7. The van der Waals surface area contributed by atoms with E-state index in [2.05, 4.69) is 10.3 Å². The van der Waals surface area contributed by atoms with Gasteiger partial charge in [-0.1, -0.05) is 13.8 Å². The Balaban J connectivity index is 2.40. The standard InChI is InChI=1S/C21H31N2O5P/c1-7-16-15(6)18(24)20(27-9-3)17(8-2)19(16)28-29(25,26)12-23-21-14(5)13(4)10-11-22-21/h10-11,24H,7-9,12H2,1-6H3,(H,22,23)(H,25,26). The number of hydrogen-bond donors (Lipinski definition) is 3. The van der Waals surface area contributed by atoms with E-state index in [4.69, 9.17) is 9.26 Å². The molecule has 1 aromatic heterocycles. The smallest absolute Gasteiger partial charge is 0.395 e. The molecule has 0 bridgehead atoms. The van der Waals surface area contributed by atoms with Gasteiger partial charge in [-0.05, 0) is 57.7 Å². The lowest BCUT2D eigenvalue weighted by molar-refractivity contribution is 0.310. The molecule has 160 valence electrons.